The number of primary amides is 1. The molecule has 0 aliphatic rings. The van der Waals surface area contributed by atoms with Crippen LogP contribution >= 0.6 is 0 Å². The lowest BCUT2D eigenvalue weighted by molar-refractivity contribution is -0.221. The van der Waals surface area contributed by atoms with Crippen LogP contribution in [0.1, 0.15) is 5.56 Å². The molecule has 7 heteroatoms. The molecule has 0 heterocycles. The van der Waals surface area contributed by atoms with E-state index < -0.39 is 13.0 Å². The Labute approximate surface area is 86.2 Å². The van der Waals surface area contributed by atoms with Crippen LogP contribution in [-0.4, -0.2) is 23.5 Å². The van der Waals surface area contributed by atoms with Gasteiger partial charge < -0.3 is 5.73 Å². The summed E-state index contributed by atoms with van der Waals surface area (Å²) in [4.78, 5) is 18.3. The zero-order chi connectivity index (χ0) is 11.3. The summed E-state index contributed by atoms with van der Waals surface area (Å²) in [6.07, 6.45) is 0.0113. The Kier molecular flexibility index (Phi) is 4.25. The molecule has 1 rings (SSSR count). The van der Waals surface area contributed by atoms with E-state index in [2.05, 4.69) is 15.7 Å². The molecule has 1 radical (unpaired) electrons. The Balaban J connectivity index is 2.86. The number of carbonyl (C=O) groups is 1. The van der Waals surface area contributed by atoms with E-state index in [0.29, 0.717) is 5.56 Å². The summed E-state index contributed by atoms with van der Waals surface area (Å²) >= 11 is 0. The molecule has 1 aromatic rings. The second-order valence-corrected chi connectivity index (χ2v) is 2.82. The van der Waals surface area contributed by atoms with Crippen molar-refractivity contribution in [1.29, 1.82) is 0 Å². The first kappa shape index (κ1) is 11.7. The highest BCUT2D eigenvalue weighted by atomic mass is 17.2. The molecule has 6 nitrogen and oxygen atoms in total. The zero-order valence-corrected chi connectivity index (χ0v) is 7.71. The van der Waals surface area contributed by atoms with Crippen molar-refractivity contribution in [3.05, 3.63) is 29.8 Å². The molecule has 0 unspecified atom stereocenters. The van der Waals surface area contributed by atoms with E-state index in [4.69, 9.17) is 16.2 Å². The van der Waals surface area contributed by atoms with Gasteiger partial charge in [0.2, 0.25) is 5.91 Å². The van der Waals surface area contributed by atoms with E-state index in [9.17, 15) is 4.79 Å². The molecule has 0 saturated heterocycles. The van der Waals surface area contributed by atoms with E-state index in [0.717, 1.165) is 0 Å². The number of amides is 1. The maximum Gasteiger partial charge on any atom is 0.554 e. The Bertz CT molecular complexity index is 342. The number of benzene rings is 1. The Hall–Kier alpha value is -1.41. The van der Waals surface area contributed by atoms with Crippen LogP contribution in [0.25, 0.3) is 0 Å². The summed E-state index contributed by atoms with van der Waals surface area (Å²) in [5.41, 5.74) is 5.76. The predicted molar refractivity (Wildman–Crippen MR) is 51.0 cm³/mol. The highest BCUT2D eigenvalue weighted by molar-refractivity contribution is 6.60. The molecule has 0 bridgehead atoms. The summed E-state index contributed by atoms with van der Waals surface area (Å²) in [5, 5.41) is 16.7. The molecule has 79 valence electrons. The molecule has 4 N–H and O–H groups in total. The van der Waals surface area contributed by atoms with Gasteiger partial charge >= 0.3 is 7.12 Å². The number of hydrogen-bond acceptors (Lipinski definition) is 5. The maximum atomic E-state index is 10.6. The molecule has 0 spiro atoms. The third kappa shape index (κ3) is 3.33. The lowest BCUT2D eigenvalue weighted by atomic mass is 9.79. The van der Waals surface area contributed by atoms with Gasteiger partial charge in [-0.1, -0.05) is 18.2 Å². The summed E-state index contributed by atoms with van der Waals surface area (Å²) in [7, 11) is -1.35. The highest BCUT2D eigenvalue weighted by Crippen LogP contribution is 1.98. The fourth-order valence-corrected chi connectivity index (χ4v) is 1.10. The van der Waals surface area contributed by atoms with Crippen molar-refractivity contribution in [2.45, 2.75) is 6.42 Å². The van der Waals surface area contributed by atoms with Crippen LogP contribution in [0.4, 0.5) is 0 Å². The molecule has 15 heavy (non-hydrogen) atoms. The SMILES string of the molecule is NC(=O)Cc1[c]c(B(OO)OO)ccc1. The molecule has 0 saturated carbocycles. The Morgan fingerprint density at radius 2 is 2.13 bits per heavy atom. The highest BCUT2D eigenvalue weighted by Gasteiger charge is 2.22. The average molecular weight is 210 g/mol. The fraction of sp³-hybridized carbons (Fsp3) is 0.125. The topological polar surface area (TPSA) is 102 Å². The van der Waals surface area contributed by atoms with Crippen molar-refractivity contribution in [2.75, 3.05) is 0 Å². The van der Waals surface area contributed by atoms with Gasteiger partial charge in [0, 0.05) is 0 Å². The molecule has 0 fully saturated rings. The third-order valence-corrected chi connectivity index (χ3v) is 1.69. The van der Waals surface area contributed by atoms with E-state index in [1.165, 1.54) is 6.07 Å². The fourth-order valence-electron chi connectivity index (χ4n) is 1.10. The molecule has 0 aromatic heterocycles. The maximum absolute atomic E-state index is 10.6. The Morgan fingerprint density at radius 3 is 2.67 bits per heavy atom. The van der Waals surface area contributed by atoms with Gasteiger partial charge in [-0.25, -0.2) is 0 Å². The first-order valence-electron chi connectivity index (χ1n) is 4.07. The number of nitrogens with two attached hydrogens (primary N) is 1. The third-order valence-electron chi connectivity index (χ3n) is 1.69. The van der Waals surface area contributed by atoms with Crippen molar-refractivity contribution < 1.29 is 24.9 Å². The van der Waals surface area contributed by atoms with E-state index in [1.54, 1.807) is 12.1 Å². The number of hydrogen-bond donors (Lipinski definition) is 3. The molecule has 1 aromatic carbocycles. The van der Waals surface area contributed by atoms with Crippen molar-refractivity contribution in [3.8, 4) is 0 Å². The van der Waals surface area contributed by atoms with Crippen molar-refractivity contribution >= 4 is 18.5 Å². The van der Waals surface area contributed by atoms with Gasteiger partial charge in [-0.15, -0.1) is 0 Å². The molecule has 0 aliphatic carbocycles. The van der Waals surface area contributed by atoms with E-state index in [-0.39, 0.29) is 11.9 Å². The minimum atomic E-state index is -1.35. The second kappa shape index (κ2) is 5.47. The van der Waals surface area contributed by atoms with Crippen LogP contribution < -0.4 is 11.2 Å². The largest absolute Gasteiger partial charge is 0.554 e. The van der Waals surface area contributed by atoms with Gasteiger partial charge in [-0.3, -0.25) is 24.9 Å². The molecule has 0 aliphatic heterocycles. The van der Waals surface area contributed by atoms with Gasteiger partial charge in [-0.2, -0.15) is 0 Å². The minimum Gasteiger partial charge on any atom is -0.369 e. The monoisotopic (exact) mass is 210 g/mol. The summed E-state index contributed by atoms with van der Waals surface area (Å²) in [6.45, 7) is 0. The average Bonchev–Trinajstić information content (AvgIpc) is 2.19. The summed E-state index contributed by atoms with van der Waals surface area (Å²) in [5.74, 6) is -0.505. The van der Waals surface area contributed by atoms with Gasteiger partial charge in [0.15, 0.2) is 0 Å². The van der Waals surface area contributed by atoms with E-state index in [1.807, 2.05) is 0 Å². The first-order valence-corrected chi connectivity index (χ1v) is 4.07. The summed E-state index contributed by atoms with van der Waals surface area (Å²) < 4.78 is 0. The van der Waals surface area contributed by atoms with Gasteiger partial charge in [0.25, 0.3) is 0 Å². The van der Waals surface area contributed by atoms with Crippen LogP contribution in [0.15, 0.2) is 18.2 Å². The minimum absolute atomic E-state index is 0.0113. The smallest absolute Gasteiger partial charge is 0.369 e. The van der Waals surface area contributed by atoms with Gasteiger partial charge in [0.05, 0.1) is 6.42 Å². The lowest BCUT2D eigenvalue weighted by Crippen LogP contribution is -2.35. The molecular formula is C8H9BNO5. The van der Waals surface area contributed by atoms with Crippen LogP contribution in [0.3, 0.4) is 0 Å². The van der Waals surface area contributed by atoms with E-state index >= 15 is 0 Å². The lowest BCUT2D eigenvalue weighted by Gasteiger charge is -2.05. The predicted octanol–water partition coefficient (Wildman–Crippen LogP) is -0.811. The second-order valence-electron chi connectivity index (χ2n) is 2.82. The van der Waals surface area contributed by atoms with Gasteiger partial charge in [-0.05, 0) is 17.1 Å². The van der Waals surface area contributed by atoms with Crippen molar-refractivity contribution in [1.82, 2.24) is 0 Å². The number of carbonyl (C=O) groups excluding carboxylic acids is 1. The summed E-state index contributed by atoms with van der Waals surface area (Å²) in [6, 6.07) is 7.43. The zero-order valence-electron chi connectivity index (χ0n) is 7.71. The van der Waals surface area contributed by atoms with Crippen molar-refractivity contribution in [2.24, 2.45) is 5.73 Å². The standard InChI is InChI=1S/C8H9BNO5/c10-8(11)5-6-2-1-3-7(4-6)9(14-12)15-13/h1-3,12-13H,5H2,(H2,10,11). The first-order chi connectivity index (χ1) is 7.17. The van der Waals surface area contributed by atoms with Crippen LogP contribution in [-0.2, 0) is 20.8 Å². The quantitative estimate of drug-likeness (QED) is 0.335. The molecular weight excluding hydrogens is 201 g/mol. The van der Waals surface area contributed by atoms with Crippen molar-refractivity contribution in [3.63, 3.8) is 0 Å². The van der Waals surface area contributed by atoms with Crippen LogP contribution in [0.2, 0.25) is 0 Å². The normalized spacial score (nSPS) is 10.0. The molecule has 0 atom stereocenters. The van der Waals surface area contributed by atoms with Crippen LogP contribution in [0, 0.1) is 6.07 Å². The van der Waals surface area contributed by atoms with Gasteiger partial charge in [0.1, 0.15) is 0 Å². The number of rotatable bonds is 5. The van der Waals surface area contributed by atoms with Crippen LogP contribution in [0.5, 0.6) is 0 Å². The Morgan fingerprint density at radius 1 is 1.47 bits per heavy atom. The molecule has 1 amide bonds.